The number of nitrogen functional groups attached to an aromatic ring is 2. The number of ether oxygens (including phenoxy) is 1. The molecular formula is C15H15N5O. The minimum atomic E-state index is 0.0570. The van der Waals surface area contributed by atoms with E-state index in [1.165, 1.54) is 0 Å². The second-order valence-electron chi connectivity index (χ2n) is 4.53. The van der Waals surface area contributed by atoms with Crippen LogP contribution in [0.1, 0.15) is 6.92 Å². The number of nitrogens with two attached hydrogens (primary N) is 2. The Morgan fingerprint density at radius 1 is 1.10 bits per heavy atom. The van der Waals surface area contributed by atoms with E-state index >= 15 is 0 Å². The summed E-state index contributed by atoms with van der Waals surface area (Å²) in [5.74, 6) is 1.06. The van der Waals surface area contributed by atoms with E-state index < -0.39 is 0 Å². The van der Waals surface area contributed by atoms with Crippen LogP contribution in [-0.2, 0) is 0 Å². The third-order valence-electron chi connectivity index (χ3n) is 3.13. The highest BCUT2D eigenvalue weighted by Crippen LogP contribution is 2.33. The molecule has 106 valence electrons. The van der Waals surface area contributed by atoms with Crippen molar-refractivity contribution in [1.82, 2.24) is 15.2 Å². The van der Waals surface area contributed by atoms with E-state index in [0.29, 0.717) is 12.3 Å². The lowest BCUT2D eigenvalue weighted by Gasteiger charge is -2.11. The molecule has 0 unspecified atom stereocenters. The van der Waals surface area contributed by atoms with Gasteiger partial charge in [0.05, 0.1) is 6.61 Å². The van der Waals surface area contributed by atoms with Gasteiger partial charge in [-0.3, -0.25) is 0 Å². The summed E-state index contributed by atoms with van der Waals surface area (Å²) in [4.78, 5) is 3.97. The van der Waals surface area contributed by atoms with Gasteiger partial charge < -0.3 is 16.2 Å². The van der Waals surface area contributed by atoms with Gasteiger partial charge in [0.1, 0.15) is 11.4 Å². The molecule has 21 heavy (non-hydrogen) atoms. The molecule has 1 aromatic heterocycles. The highest BCUT2D eigenvalue weighted by Gasteiger charge is 2.13. The Morgan fingerprint density at radius 2 is 1.90 bits per heavy atom. The number of hydrogen-bond acceptors (Lipinski definition) is 6. The Kier molecular flexibility index (Phi) is 3.27. The van der Waals surface area contributed by atoms with Crippen LogP contribution in [0.5, 0.6) is 5.75 Å². The number of fused-ring (bicyclic) bond motifs is 1. The standard InChI is InChI=1S/C15H15N5O/c1-2-21-10-7-9-5-3-4-6-11(9)12(8-10)13-14(16)18-15(17)20-19-13/h3-8H,2H2,1H3,(H4,16,17,18,20). The van der Waals surface area contributed by atoms with Gasteiger partial charge in [-0.05, 0) is 29.8 Å². The Hall–Kier alpha value is -2.89. The van der Waals surface area contributed by atoms with Gasteiger partial charge in [0, 0.05) is 5.56 Å². The Bertz CT molecular complexity index is 803. The zero-order valence-electron chi connectivity index (χ0n) is 11.6. The predicted molar refractivity (Wildman–Crippen MR) is 82.8 cm³/mol. The van der Waals surface area contributed by atoms with Crippen molar-refractivity contribution < 1.29 is 4.74 Å². The SMILES string of the molecule is CCOc1cc(-c2nnc(N)nc2N)c2ccccc2c1. The van der Waals surface area contributed by atoms with Crippen LogP contribution in [0.15, 0.2) is 36.4 Å². The lowest BCUT2D eigenvalue weighted by atomic mass is 10.0. The summed E-state index contributed by atoms with van der Waals surface area (Å²) in [6.45, 7) is 2.52. The maximum Gasteiger partial charge on any atom is 0.242 e. The fourth-order valence-corrected chi connectivity index (χ4v) is 2.27. The molecule has 0 aliphatic carbocycles. The van der Waals surface area contributed by atoms with Gasteiger partial charge in [0.25, 0.3) is 0 Å². The molecule has 0 spiro atoms. The van der Waals surface area contributed by atoms with Crippen molar-refractivity contribution in [3.05, 3.63) is 36.4 Å². The van der Waals surface area contributed by atoms with Crippen LogP contribution in [-0.4, -0.2) is 21.8 Å². The van der Waals surface area contributed by atoms with Crippen molar-refractivity contribution >= 4 is 22.5 Å². The largest absolute Gasteiger partial charge is 0.494 e. The van der Waals surface area contributed by atoms with E-state index in [1.807, 2.05) is 43.3 Å². The number of benzene rings is 2. The molecule has 0 aliphatic rings. The monoisotopic (exact) mass is 281 g/mol. The smallest absolute Gasteiger partial charge is 0.242 e. The lowest BCUT2D eigenvalue weighted by Crippen LogP contribution is -2.04. The average Bonchev–Trinajstić information content (AvgIpc) is 2.47. The minimum absolute atomic E-state index is 0.0570. The van der Waals surface area contributed by atoms with Crippen LogP contribution < -0.4 is 16.2 Å². The summed E-state index contributed by atoms with van der Waals surface area (Å²) in [5.41, 5.74) is 12.8. The molecule has 3 aromatic rings. The molecule has 2 aromatic carbocycles. The molecule has 6 heteroatoms. The maximum absolute atomic E-state index is 5.93. The van der Waals surface area contributed by atoms with Crippen LogP contribution in [0.25, 0.3) is 22.0 Å². The molecule has 0 radical (unpaired) electrons. The van der Waals surface area contributed by atoms with Crippen molar-refractivity contribution in [3.8, 4) is 17.0 Å². The Labute approximate surface area is 121 Å². The molecule has 0 saturated carbocycles. The normalized spacial score (nSPS) is 10.7. The second-order valence-corrected chi connectivity index (χ2v) is 4.53. The first-order valence-corrected chi connectivity index (χ1v) is 6.60. The number of anilines is 2. The van der Waals surface area contributed by atoms with Gasteiger partial charge in [-0.25, -0.2) is 0 Å². The van der Waals surface area contributed by atoms with Crippen molar-refractivity contribution in [3.63, 3.8) is 0 Å². The lowest BCUT2D eigenvalue weighted by molar-refractivity contribution is 0.341. The Morgan fingerprint density at radius 3 is 2.67 bits per heavy atom. The Balaban J connectivity index is 2.29. The number of hydrogen-bond donors (Lipinski definition) is 2. The van der Waals surface area contributed by atoms with Crippen LogP contribution in [0.3, 0.4) is 0 Å². The first kappa shape index (κ1) is 13.1. The van der Waals surface area contributed by atoms with E-state index in [-0.39, 0.29) is 11.8 Å². The predicted octanol–water partition coefficient (Wildman–Crippen LogP) is 2.25. The van der Waals surface area contributed by atoms with Gasteiger partial charge in [-0.1, -0.05) is 24.3 Å². The van der Waals surface area contributed by atoms with E-state index in [4.69, 9.17) is 16.2 Å². The number of aromatic nitrogens is 3. The summed E-state index contributed by atoms with van der Waals surface area (Å²) in [6.07, 6.45) is 0. The number of nitrogens with zero attached hydrogens (tertiary/aromatic N) is 3. The van der Waals surface area contributed by atoms with E-state index in [1.54, 1.807) is 0 Å². The number of rotatable bonds is 3. The van der Waals surface area contributed by atoms with Gasteiger partial charge in [0.2, 0.25) is 5.95 Å². The molecule has 0 bridgehead atoms. The second kappa shape index (κ2) is 5.24. The molecule has 0 amide bonds. The maximum atomic E-state index is 5.93. The molecule has 0 fully saturated rings. The van der Waals surface area contributed by atoms with Gasteiger partial charge in [-0.2, -0.15) is 4.98 Å². The summed E-state index contributed by atoms with van der Waals surface area (Å²) < 4.78 is 5.61. The zero-order chi connectivity index (χ0) is 14.8. The summed E-state index contributed by atoms with van der Waals surface area (Å²) in [7, 11) is 0. The van der Waals surface area contributed by atoms with E-state index in [0.717, 1.165) is 22.1 Å². The van der Waals surface area contributed by atoms with Gasteiger partial charge in [-0.15, -0.1) is 10.2 Å². The zero-order valence-corrected chi connectivity index (χ0v) is 11.6. The summed E-state index contributed by atoms with van der Waals surface area (Å²) in [6, 6.07) is 11.8. The van der Waals surface area contributed by atoms with Crippen molar-refractivity contribution in [2.24, 2.45) is 0 Å². The highest BCUT2D eigenvalue weighted by molar-refractivity contribution is 5.98. The molecular weight excluding hydrogens is 266 g/mol. The molecule has 1 heterocycles. The highest BCUT2D eigenvalue weighted by atomic mass is 16.5. The first-order chi connectivity index (χ1) is 10.2. The van der Waals surface area contributed by atoms with E-state index in [2.05, 4.69) is 15.2 Å². The van der Waals surface area contributed by atoms with Crippen molar-refractivity contribution in [2.45, 2.75) is 6.92 Å². The molecule has 3 rings (SSSR count). The van der Waals surface area contributed by atoms with Crippen LogP contribution in [0.2, 0.25) is 0 Å². The van der Waals surface area contributed by atoms with Crippen LogP contribution >= 0.6 is 0 Å². The molecule has 6 nitrogen and oxygen atoms in total. The molecule has 0 atom stereocenters. The average molecular weight is 281 g/mol. The van der Waals surface area contributed by atoms with Crippen LogP contribution in [0, 0.1) is 0 Å². The first-order valence-electron chi connectivity index (χ1n) is 6.60. The summed E-state index contributed by atoms with van der Waals surface area (Å²) in [5, 5.41) is 9.92. The van der Waals surface area contributed by atoms with Crippen molar-refractivity contribution in [1.29, 1.82) is 0 Å². The summed E-state index contributed by atoms with van der Waals surface area (Å²) >= 11 is 0. The molecule has 0 aliphatic heterocycles. The molecule has 0 saturated heterocycles. The van der Waals surface area contributed by atoms with Gasteiger partial charge in [0.15, 0.2) is 5.82 Å². The molecule has 4 N–H and O–H groups in total. The quantitative estimate of drug-likeness (QED) is 0.763. The minimum Gasteiger partial charge on any atom is -0.494 e. The van der Waals surface area contributed by atoms with Crippen molar-refractivity contribution in [2.75, 3.05) is 18.1 Å². The topological polar surface area (TPSA) is 99.9 Å². The fourth-order valence-electron chi connectivity index (χ4n) is 2.27. The van der Waals surface area contributed by atoms with E-state index in [9.17, 15) is 0 Å². The third kappa shape index (κ3) is 2.43. The fraction of sp³-hybridized carbons (Fsp3) is 0.133. The van der Waals surface area contributed by atoms with Gasteiger partial charge >= 0.3 is 0 Å². The third-order valence-corrected chi connectivity index (χ3v) is 3.13. The van der Waals surface area contributed by atoms with Crippen LogP contribution in [0.4, 0.5) is 11.8 Å².